The smallest absolute Gasteiger partial charge is 0.275 e. The Morgan fingerprint density at radius 3 is 2.23 bits per heavy atom. The van der Waals surface area contributed by atoms with Gasteiger partial charge < -0.3 is 9.64 Å². The number of methoxy groups -OCH3 is 1. The van der Waals surface area contributed by atoms with E-state index in [9.17, 15) is 4.79 Å². The maximum atomic E-state index is 13.3. The van der Waals surface area contributed by atoms with Gasteiger partial charge in [0.05, 0.1) is 24.2 Å². The molecule has 0 spiro atoms. The number of nitrogens with zero attached hydrogens (tertiary/aromatic N) is 4. The number of aromatic nitrogens is 2. The first-order valence-corrected chi connectivity index (χ1v) is 11.0. The zero-order valence-electron chi connectivity index (χ0n) is 18.9. The Morgan fingerprint density at radius 2 is 1.58 bits per heavy atom. The van der Waals surface area contributed by atoms with Gasteiger partial charge in [-0.15, -0.1) is 0 Å². The fourth-order valence-electron chi connectivity index (χ4n) is 4.55. The van der Waals surface area contributed by atoms with Crippen molar-refractivity contribution in [2.24, 2.45) is 7.05 Å². The lowest BCUT2D eigenvalue weighted by atomic mass is 10.0. The van der Waals surface area contributed by atoms with Crippen LogP contribution < -0.4 is 15.2 Å². The van der Waals surface area contributed by atoms with Gasteiger partial charge >= 0.3 is 0 Å². The molecule has 0 aliphatic carbocycles. The summed E-state index contributed by atoms with van der Waals surface area (Å²) in [6.45, 7) is 8.75. The zero-order chi connectivity index (χ0) is 22.0. The molecule has 0 radical (unpaired) electrons. The van der Waals surface area contributed by atoms with Crippen molar-refractivity contribution in [3.63, 3.8) is 0 Å². The van der Waals surface area contributed by atoms with Gasteiger partial charge in [-0.25, -0.2) is 4.68 Å². The third-order valence-electron chi connectivity index (χ3n) is 6.17. The lowest BCUT2D eigenvalue weighted by molar-refractivity contribution is 0.241. The van der Waals surface area contributed by atoms with Crippen LogP contribution in [0.25, 0.3) is 5.69 Å². The van der Waals surface area contributed by atoms with Crippen LogP contribution in [0.15, 0.2) is 59.4 Å². The van der Waals surface area contributed by atoms with Gasteiger partial charge in [0, 0.05) is 45.3 Å². The van der Waals surface area contributed by atoms with E-state index in [1.54, 1.807) is 11.8 Å². The Balaban J connectivity index is 1.56. The number of ether oxygens (including phenoxy) is 1. The first-order valence-electron chi connectivity index (χ1n) is 11.0. The second-order valence-corrected chi connectivity index (χ2v) is 8.43. The summed E-state index contributed by atoms with van der Waals surface area (Å²) in [5.41, 5.74) is 4.17. The summed E-state index contributed by atoms with van der Waals surface area (Å²) in [6, 6.07) is 18.1. The van der Waals surface area contributed by atoms with Gasteiger partial charge in [0.15, 0.2) is 0 Å². The molecule has 4 rings (SSSR count). The lowest BCUT2D eigenvalue weighted by Crippen LogP contribution is -2.46. The van der Waals surface area contributed by atoms with Crippen molar-refractivity contribution in [1.82, 2.24) is 14.3 Å². The number of anilines is 1. The summed E-state index contributed by atoms with van der Waals surface area (Å²) in [5.74, 6) is 1.09. The Hall–Kier alpha value is -2.99. The molecular formula is C25H32N4O2. The second-order valence-electron chi connectivity index (χ2n) is 8.43. The number of rotatable bonds is 6. The van der Waals surface area contributed by atoms with Gasteiger partial charge in [-0.3, -0.25) is 14.4 Å². The van der Waals surface area contributed by atoms with Crippen LogP contribution in [0.5, 0.6) is 5.75 Å². The molecule has 0 amide bonds. The Bertz CT molecular complexity index is 1080. The molecular weight excluding hydrogens is 388 g/mol. The second kappa shape index (κ2) is 9.02. The van der Waals surface area contributed by atoms with Crippen LogP contribution in [0.4, 0.5) is 5.69 Å². The molecule has 1 aliphatic heterocycles. The summed E-state index contributed by atoms with van der Waals surface area (Å²) in [7, 11) is 3.72. The molecule has 3 aromatic rings. The van der Waals surface area contributed by atoms with E-state index in [1.165, 1.54) is 0 Å². The van der Waals surface area contributed by atoms with Crippen molar-refractivity contribution in [3.05, 3.63) is 76.2 Å². The Labute approximate surface area is 184 Å². The monoisotopic (exact) mass is 420 g/mol. The standard InChI is InChI=1S/C25H32N4O2/c1-19(2)24-22(26(3)29(25(24)30)20-10-6-5-7-11-20)18-27-14-16-28(17-15-27)21-12-8-9-13-23(21)31-4/h5-13,19H,14-18H2,1-4H3. The highest BCUT2D eigenvalue weighted by atomic mass is 16.5. The zero-order valence-corrected chi connectivity index (χ0v) is 18.9. The van der Waals surface area contributed by atoms with Crippen molar-refractivity contribution in [2.45, 2.75) is 26.3 Å². The van der Waals surface area contributed by atoms with Crippen molar-refractivity contribution in [3.8, 4) is 11.4 Å². The summed E-state index contributed by atoms with van der Waals surface area (Å²) in [4.78, 5) is 18.1. The molecule has 6 heteroatoms. The average molecular weight is 421 g/mol. The normalized spacial score (nSPS) is 14.9. The third kappa shape index (κ3) is 4.12. The quantitative estimate of drug-likeness (QED) is 0.611. The van der Waals surface area contributed by atoms with E-state index in [0.29, 0.717) is 0 Å². The molecule has 1 aliphatic rings. The molecule has 0 N–H and O–H groups in total. The maximum Gasteiger partial charge on any atom is 0.275 e. The molecule has 0 unspecified atom stereocenters. The SMILES string of the molecule is COc1ccccc1N1CCN(Cc2c(C(C)C)c(=O)n(-c3ccccc3)n2C)CC1. The van der Waals surface area contributed by atoms with Crippen LogP contribution in [-0.2, 0) is 13.6 Å². The predicted octanol–water partition coefficient (Wildman–Crippen LogP) is 3.63. The van der Waals surface area contributed by atoms with Gasteiger partial charge in [-0.2, -0.15) is 0 Å². The van der Waals surface area contributed by atoms with E-state index in [-0.39, 0.29) is 11.5 Å². The Kier molecular flexibility index (Phi) is 6.18. The molecule has 31 heavy (non-hydrogen) atoms. The number of hydrogen-bond acceptors (Lipinski definition) is 4. The third-order valence-corrected chi connectivity index (χ3v) is 6.17. The van der Waals surface area contributed by atoms with Gasteiger partial charge in [0.25, 0.3) is 5.56 Å². The van der Waals surface area contributed by atoms with E-state index in [1.807, 2.05) is 54.2 Å². The molecule has 164 valence electrons. The largest absolute Gasteiger partial charge is 0.495 e. The summed E-state index contributed by atoms with van der Waals surface area (Å²) in [5, 5.41) is 0. The van der Waals surface area contributed by atoms with Crippen LogP contribution in [0.3, 0.4) is 0 Å². The van der Waals surface area contributed by atoms with Crippen molar-refractivity contribution in [1.29, 1.82) is 0 Å². The molecule has 0 saturated carbocycles. The summed E-state index contributed by atoms with van der Waals surface area (Å²) >= 11 is 0. The van der Waals surface area contributed by atoms with Gasteiger partial charge in [-0.05, 0) is 30.2 Å². The lowest BCUT2D eigenvalue weighted by Gasteiger charge is -2.36. The fraction of sp³-hybridized carbons (Fsp3) is 0.400. The molecule has 1 fully saturated rings. The molecule has 0 bridgehead atoms. The van der Waals surface area contributed by atoms with Crippen LogP contribution in [0, 0.1) is 0 Å². The van der Waals surface area contributed by atoms with Crippen molar-refractivity contribution in [2.75, 3.05) is 38.2 Å². The topological polar surface area (TPSA) is 42.6 Å². The highest BCUT2D eigenvalue weighted by molar-refractivity contribution is 5.58. The first-order chi connectivity index (χ1) is 15.0. The molecule has 6 nitrogen and oxygen atoms in total. The van der Waals surface area contributed by atoms with E-state index in [0.717, 1.165) is 61.1 Å². The number of benzene rings is 2. The van der Waals surface area contributed by atoms with Gasteiger partial charge in [0.2, 0.25) is 0 Å². The summed E-state index contributed by atoms with van der Waals surface area (Å²) < 4.78 is 9.38. The van der Waals surface area contributed by atoms with Crippen LogP contribution in [-0.4, -0.2) is 47.6 Å². The van der Waals surface area contributed by atoms with Crippen molar-refractivity contribution < 1.29 is 4.74 Å². The van der Waals surface area contributed by atoms with E-state index in [4.69, 9.17) is 4.74 Å². The predicted molar refractivity (Wildman–Crippen MR) is 126 cm³/mol. The molecule has 0 atom stereocenters. The Morgan fingerprint density at radius 1 is 0.935 bits per heavy atom. The van der Waals surface area contributed by atoms with E-state index < -0.39 is 0 Å². The van der Waals surface area contributed by atoms with E-state index in [2.05, 4.69) is 35.8 Å². The highest BCUT2D eigenvalue weighted by Gasteiger charge is 2.25. The number of hydrogen-bond donors (Lipinski definition) is 0. The fourth-order valence-corrected chi connectivity index (χ4v) is 4.55. The molecule has 2 heterocycles. The molecule has 1 aromatic heterocycles. The van der Waals surface area contributed by atoms with Crippen LogP contribution in [0.1, 0.15) is 31.0 Å². The van der Waals surface area contributed by atoms with Crippen molar-refractivity contribution >= 4 is 5.69 Å². The van der Waals surface area contributed by atoms with Crippen LogP contribution in [0.2, 0.25) is 0 Å². The summed E-state index contributed by atoms with van der Waals surface area (Å²) in [6.07, 6.45) is 0. The molecule has 1 saturated heterocycles. The first kappa shape index (κ1) is 21.2. The van der Waals surface area contributed by atoms with Gasteiger partial charge in [0.1, 0.15) is 5.75 Å². The maximum absolute atomic E-state index is 13.3. The number of piperazine rings is 1. The molecule has 2 aromatic carbocycles. The van der Waals surface area contributed by atoms with Crippen LogP contribution >= 0.6 is 0 Å². The minimum absolute atomic E-state index is 0.0892. The minimum atomic E-state index is 0.0892. The number of para-hydroxylation sites is 3. The minimum Gasteiger partial charge on any atom is -0.495 e. The average Bonchev–Trinajstić information content (AvgIpc) is 3.04. The van der Waals surface area contributed by atoms with E-state index >= 15 is 0 Å². The highest BCUT2D eigenvalue weighted by Crippen LogP contribution is 2.29. The van der Waals surface area contributed by atoms with Gasteiger partial charge in [-0.1, -0.05) is 44.2 Å².